The van der Waals surface area contributed by atoms with Gasteiger partial charge in [0.05, 0.1) is 6.04 Å². The second-order valence-corrected chi connectivity index (χ2v) is 3.38. The smallest absolute Gasteiger partial charge is 0.126 e. The van der Waals surface area contributed by atoms with Crippen molar-refractivity contribution < 1.29 is 4.39 Å². The first kappa shape index (κ1) is 9.86. The number of hydrogen-bond donors (Lipinski definition) is 2. The number of imidazole rings is 1. The van der Waals surface area contributed by atoms with Crippen LogP contribution in [0.15, 0.2) is 36.7 Å². The van der Waals surface area contributed by atoms with Crippen molar-refractivity contribution in [3.8, 4) is 0 Å². The third-order valence-electron chi connectivity index (χ3n) is 2.27. The molecule has 78 valence electrons. The minimum atomic E-state index is -0.295. The molecule has 2 rings (SSSR count). The molecule has 0 aliphatic carbocycles. The Balaban J connectivity index is 2.13. The molecular formula is C11H12FN3. The molecule has 1 unspecified atom stereocenters. The second kappa shape index (κ2) is 4.23. The maximum Gasteiger partial charge on any atom is 0.126 e. The lowest BCUT2D eigenvalue weighted by atomic mass is 10.1. The van der Waals surface area contributed by atoms with Crippen molar-refractivity contribution in [3.05, 3.63) is 53.9 Å². The van der Waals surface area contributed by atoms with Gasteiger partial charge in [-0.15, -0.1) is 0 Å². The Morgan fingerprint density at radius 3 is 2.87 bits per heavy atom. The fourth-order valence-electron chi connectivity index (χ4n) is 1.48. The molecule has 0 saturated carbocycles. The van der Waals surface area contributed by atoms with Gasteiger partial charge in [0.25, 0.3) is 0 Å². The predicted molar refractivity (Wildman–Crippen MR) is 55.6 cm³/mol. The van der Waals surface area contributed by atoms with Crippen LogP contribution < -0.4 is 5.73 Å². The number of nitrogens with one attached hydrogen (secondary N) is 1. The van der Waals surface area contributed by atoms with Crippen molar-refractivity contribution in [3.63, 3.8) is 0 Å². The summed E-state index contributed by atoms with van der Waals surface area (Å²) in [5.74, 6) is 0.456. The number of aromatic amines is 1. The Morgan fingerprint density at radius 1 is 1.40 bits per heavy atom. The molecule has 0 spiro atoms. The third kappa shape index (κ3) is 2.22. The first-order valence-corrected chi connectivity index (χ1v) is 4.75. The van der Waals surface area contributed by atoms with E-state index in [1.165, 1.54) is 6.07 Å². The van der Waals surface area contributed by atoms with Gasteiger partial charge in [-0.3, -0.25) is 0 Å². The Labute approximate surface area is 87.2 Å². The maximum absolute atomic E-state index is 13.3. The molecule has 0 aliphatic heterocycles. The predicted octanol–water partition coefficient (Wildman–Crippen LogP) is 1.79. The Morgan fingerprint density at radius 2 is 2.20 bits per heavy atom. The zero-order valence-corrected chi connectivity index (χ0v) is 8.15. The van der Waals surface area contributed by atoms with Crippen molar-refractivity contribution in [1.29, 1.82) is 0 Å². The molecule has 0 fully saturated rings. The fraction of sp³-hybridized carbons (Fsp3) is 0.182. The molecule has 1 aromatic carbocycles. The molecule has 2 aromatic rings. The van der Waals surface area contributed by atoms with Crippen molar-refractivity contribution in [1.82, 2.24) is 9.97 Å². The van der Waals surface area contributed by atoms with Crippen molar-refractivity contribution >= 4 is 0 Å². The summed E-state index contributed by atoms with van der Waals surface area (Å²) in [4.78, 5) is 6.96. The van der Waals surface area contributed by atoms with E-state index in [1.807, 2.05) is 0 Å². The SMILES string of the molecule is NC(Cc1ccccc1F)c1ncc[nH]1. The summed E-state index contributed by atoms with van der Waals surface area (Å²) in [6.45, 7) is 0. The quantitative estimate of drug-likeness (QED) is 0.802. The van der Waals surface area contributed by atoms with Crippen LogP contribution in [0.2, 0.25) is 0 Å². The lowest BCUT2D eigenvalue weighted by molar-refractivity contribution is 0.586. The lowest BCUT2D eigenvalue weighted by Crippen LogP contribution is -2.15. The topological polar surface area (TPSA) is 54.7 Å². The number of nitrogens with two attached hydrogens (primary N) is 1. The number of benzene rings is 1. The number of nitrogens with zero attached hydrogens (tertiary/aromatic N) is 1. The molecular weight excluding hydrogens is 193 g/mol. The molecule has 1 heterocycles. The van der Waals surface area contributed by atoms with Crippen LogP contribution in [0.1, 0.15) is 17.4 Å². The van der Waals surface area contributed by atoms with Gasteiger partial charge >= 0.3 is 0 Å². The third-order valence-corrected chi connectivity index (χ3v) is 2.27. The number of aromatic nitrogens is 2. The van der Waals surface area contributed by atoms with Crippen LogP contribution in [-0.4, -0.2) is 9.97 Å². The minimum Gasteiger partial charge on any atom is -0.347 e. The van der Waals surface area contributed by atoms with E-state index in [4.69, 9.17) is 5.73 Å². The molecule has 0 radical (unpaired) electrons. The van der Waals surface area contributed by atoms with E-state index >= 15 is 0 Å². The van der Waals surface area contributed by atoms with Crippen molar-refractivity contribution in [2.24, 2.45) is 5.73 Å². The van der Waals surface area contributed by atoms with E-state index in [-0.39, 0.29) is 11.9 Å². The van der Waals surface area contributed by atoms with Crippen LogP contribution in [0.25, 0.3) is 0 Å². The molecule has 0 bridgehead atoms. The molecule has 0 amide bonds. The summed E-state index contributed by atoms with van der Waals surface area (Å²) in [6.07, 6.45) is 3.78. The van der Waals surface area contributed by atoms with Gasteiger partial charge in [0.1, 0.15) is 11.6 Å². The molecule has 4 heteroatoms. The summed E-state index contributed by atoms with van der Waals surface area (Å²) in [5.41, 5.74) is 6.49. The van der Waals surface area contributed by atoms with Crippen LogP contribution in [-0.2, 0) is 6.42 Å². The number of halogens is 1. The van der Waals surface area contributed by atoms with E-state index in [9.17, 15) is 4.39 Å². The first-order valence-electron chi connectivity index (χ1n) is 4.75. The highest BCUT2D eigenvalue weighted by molar-refractivity contribution is 5.19. The Kier molecular flexibility index (Phi) is 2.78. The molecule has 3 N–H and O–H groups in total. The Bertz CT molecular complexity index is 425. The van der Waals surface area contributed by atoms with Gasteiger partial charge in [0.15, 0.2) is 0 Å². The van der Waals surface area contributed by atoms with Crippen LogP contribution in [0, 0.1) is 5.82 Å². The highest BCUT2D eigenvalue weighted by Gasteiger charge is 2.11. The van der Waals surface area contributed by atoms with Gasteiger partial charge < -0.3 is 10.7 Å². The summed E-state index contributed by atoms with van der Waals surface area (Å²) in [5, 5.41) is 0. The standard InChI is InChI=1S/C11H12FN3/c12-9-4-2-1-3-8(9)7-10(13)11-14-5-6-15-11/h1-6,10H,7,13H2,(H,14,15). The van der Waals surface area contributed by atoms with Crippen molar-refractivity contribution in [2.75, 3.05) is 0 Å². The number of hydrogen-bond acceptors (Lipinski definition) is 2. The largest absolute Gasteiger partial charge is 0.347 e. The molecule has 0 saturated heterocycles. The van der Waals surface area contributed by atoms with E-state index in [0.29, 0.717) is 17.8 Å². The zero-order valence-electron chi connectivity index (χ0n) is 8.15. The van der Waals surface area contributed by atoms with E-state index in [1.54, 1.807) is 30.6 Å². The van der Waals surface area contributed by atoms with Gasteiger partial charge in [-0.2, -0.15) is 0 Å². The van der Waals surface area contributed by atoms with E-state index in [2.05, 4.69) is 9.97 Å². The molecule has 1 atom stereocenters. The number of rotatable bonds is 3. The van der Waals surface area contributed by atoms with Crippen LogP contribution >= 0.6 is 0 Å². The van der Waals surface area contributed by atoms with Gasteiger partial charge in [0, 0.05) is 12.4 Å². The molecule has 0 aliphatic rings. The van der Waals surface area contributed by atoms with Crippen LogP contribution in [0.3, 0.4) is 0 Å². The minimum absolute atomic E-state index is 0.223. The average molecular weight is 205 g/mol. The summed E-state index contributed by atoms with van der Waals surface area (Å²) < 4.78 is 13.3. The van der Waals surface area contributed by atoms with Crippen LogP contribution in [0.4, 0.5) is 4.39 Å². The van der Waals surface area contributed by atoms with Gasteiger partial charge in [-0.25, -0.2) is 9.37 Å². The first-order chi connectivity index (χ1) is 7.27. The highest BCUT2D eigenvalue weighted by Crippen LogP contribution is 2.14. The van der Waals surface area contributed by atoms with E-state index < -0.39 is 0 Å². The van der Waals surface area contributed by atoms with E-state index in [0.717, 1.165) is 0 Å². The normalized spacial score (nSPS) is 12.7. The van der Waals surface area contributed by atoms with Crippen LogP contribution in [0.5, 0.6) is 0 Å². The van der Waals surface area contributed by atoms with Gasteiger partial charge in [-0.05, 0) is 18.1 Å². The molecule has 15 heavy (non-hydrogen) atoms. The van der Waals surface area contributed by atoms with Gasteiger partial charge in [-0.1, -0.05) is 18.2 Å². The highest BCUT2D eigenvalue weighted by atomic mass is 19.1. The monoisotopic (exact) mass is 205 g/mol. The second-order valence-electron chi connectivity index (χ2n) is 3.38. The summed E-state index contributed by atoms with van der Waals surface area (Å²) in [6, 6.07) is 6.34. The average Bonchev–Trinajstić information content (AvgIpc) is 2.74. The molecule has 3 nitrogen and oxygen atoms in total. The lowest BCUT2D eigenvalue weighted by Gasteiger charge is -2.09. The van der Waals surface area contributed by atoms with Gasteiger partial charge in [0.2, 0.25) is 0 Å². The fourth-order valence-corrected chi connectivity index (χ4v) is 1.48. The maximum atomic E-state index is 13.3. The molecule has 1 aromatic heterocycles. The Hall–Kier alpha value is -1.68. The zero-order chi connectivity index (χ0) is 10.7. The summed E-state index contributed by atoms with van der Waals surface area (Å²) in [7, 11) is 0. The summed E-state index contributed by atoms with van der Waals surface area (Å²) >= 11 is 0. The number of H-pyrrole nitrogens is 1. The van der Waals surface area contributed by atoms with Crippen molar-refractivity contribution in [2.45, 2.75) is 12.5 Å².